The van der Waals surface area contributed by atoms with Gasteiger partial charge >= 0.3 is 0 Å². The summed E-state index contributed by atoms with van der Waals surface area (Å²) in [5.74, 6) is -0.0603. The molecule has 0 spiro atoms. The quantitative estimate of drug-likeness (QED) is 0.825. The molecule has 0 aliphatic rings. The molecule has 0 aliphatic heterocycles. The van der Waals surface area contributed by atoms with E-state index in [9.17, 15) is 4.79 Å². The summed E-state index contributed by atoms with van der Waals surface area (Å²) in [4.78, 5) is 11.6. The zero-order chi connectivity index (χ0) is 10.6. The van der Waals surface area contributed by atoms with E-state index in [1.807, 2.05) is 19.1 Å². The van der Waals surface area contributed by atoms with Crippen LogP contribution in [0.1, 0.15) is 15.9 Å². The summed E-state index contributed by atoms with van der Waals surface area (Å²) in [6.07, 6.45) is 1.66. The van der Waals surface area contributed by atoms with Gasteiger partial charge in [0.05, 0.1) is 0 Å². The van der Waals surface area contributed by atoms with Crippen molar-refractivity contribution in [2.24, 2.45) is 0 Å². The molecule has 0 unspecified atom stereocenters. The summed E-state index contributed by atoms with van der Waals surface area (Å²) in [5, 5.41) is 2.74. The first kappa shape index (κ1) is 11.0. The van der Waals surface area contributed by atoms with Crippen LogP contribution in [0.5, 0.6) is 0 Å². The Morgan fingerprint density at radius 2 is 2.36 bits per heavy atom. The van der Waals surface area contributed by atoms with E-state index < -0.39 is 0 Å². The van der Waals surface area contributed by atoms with Crippen LogP contribution < -0.4 is 5.32 Å². The highest BCUT2D eigenvalue weighted by molar-refractivity contribution is 9.10. The fourth-order valence-electron chi connectivity index (χ4n) is 1.14. The lowest BCUT2D eigenvalue weighted by atomic mass is 10.1. The Balaban J connectivity index is 2.84. The van der Waals surface area contributed by atoms with Gasteiger partial charge in [0.2, 0.25) is 0 Å². The Hall–Kier alpha value is -1.09. The number of rotatable bonds is 3. The lowest BCUT2D eigenvalue weighted by Crippen LogP contribution is -2.23. The van der Waals surface area contributed by atoms with Crippen molar-refractivity contribution in [2.75, 3.05) is 6.54 Å². The molecule has 0 aromatic heterocycles. The lowest BCUT2D eigenvalue weighted by molar-refractivity contribution is 0.0957. The van der Waals surface area contributed by atoms with Gasteiger partial charge in [-0.25, -0.2) is 0 Å². The summed E-state index contributed by atoms with van der Waals surface area (Å²) >= 11 is 3.35. The summed E-state index contributed by atoms with van der Waals surface area (Å²) in [6, 6.07) is 5.58. The third kappa shape index (κ3) is 2.70. The molecule has 0 aliphatic carbocycles. The molecule has 0 bridgehead atoms. The second kappa shape index (κ2) is 4.96. The number of amides is 1. The number of benzene rings is 1. The van der Waals surface area contributed by atoms with Gasteiger partial charge in [0, 0.05) is 16.6 Å². The van der Waals surface area contributed by atoms with Crippen molar-refractivity contribution < 1.29 is 4.79 Å². The minimum atomic E-state index is -0.0603. The molecule has 1 aromatic rings. The number of carbonyl (C=O) groups is 1. The molecular weight excluding hydrogens is 242 g/mol. The van der Waals surface area contributed by atoms with E-state index in [1.54, 1.807) is 12.1 Å². The molecule has 0 saturated carbocycles. The van der Waals surface area contributed by atoms with Crippen molar-refractivity contribution >= 4 is 21.8 Å². The average molecular weight is 254 g/mol. The number of halogens is 1. The molecule has 3 heteroatoms. The van der Waals surface area contributed by atoms with Gasteiger partial charge in [-0.2, -0.15) is 0 Å². The summed E-state index contributed by atoms with van der Waals surface area (Å²) < 4.78 is 0.982. The first-order chi connectivity index (χ1) is 6.65. The van der Waals surface area contributed by atoms with Crippen molar-refractivity contribution in [1.29, 1.82) is 0 Å². The molecule has 74 valence electrons. The van der Waals surface area contributed by atoms with Gasteiger partial charge in [-0.05, 0) is 30.7 Å². The Kier molecular flexibility index (Phi) is 3.89. The zero-order valence-corrected chi connectivity index (χ0v) is 9.60. The number of hydrogen-bond acceptors (Lipinski definition) is 1. The lowest BCUT2D eigenvalue weighted by Gasteiger charge is -2.05. The predicted molar refractivity (Wildman–Crippen MR) is 61.4 cm³/mol. The minimum absolute atomic E-state index is 0.0603. The first-order valence-electron chi connectivity index (χ1n) is 4.30. The van der Waals surface area contributed by atoms with E-state index in [4.69, 9.17) is 0 Å². The number of nitrogens with one attached hydrogen (secondary N) is 1. The monoisotopic (exact) mass is 253 g/mol. The molecule has 1 amide bonds. The van der Waals surface area contributed by atoms with Crippen molar-refractivity contribution in [3.8, 4) is 0 Å². The van der Waals surface area contributed by atoms with Crippen molar-refractivity contribution in [1.82, 2.24) is 5.32 Å². The minimum Gasteiger partial charge on any atom is -0.349 e. The standard InChI is InChI=1S/C11H12BrNO/c1-3-6-13-11(14)10-5-4-9(12)7-8(10)2/h3-5,7H,1,6H2,2H3,(H,13,14). The molecule has 1 rings (SSSR count). The van der Waals surface area contributed by atoms with Crippen LogP contribution in [0.3, 0.4) is 0 Å². The van der Waals surface area contributed by atoms with Crippen LogP contribution in [-0.4, -0.2) is 12.5 Å². The van der Waals surface area contributed by atoms with E-state index >= 15 is 0 Å². The molecule has 0 heterocycles. The van der Waals surface area contributed by atoms with E-state index in [0.29, 0.717) is 12.1 Å². The zero-order valence-electron chi connectivity index (χ0n) is 8.01. The van der Waals surface area contributed by atoms with Gasteiger partial charge in [0.15, 0.2) is 0 Å². The summed E-state index contributed by atoms with van der Waals surface area (Å²) in [7, 11) is 0. The van der Waals surface area contributed by atoms with Crippen LogP contribution in [0.15, 0.2) is 35.3 Å². The molecule has 14 heavy (non-hydrogen) atoms. The van der Waals surface area contributed by atoms with Gasteiger partial charge in [-0.15, -0.1) is 6.58 Å². The molecule has 2 nitrogen and oxygen atoms in total. The van der Waals surface area contributed by atoms with Crippen LogP contribution in [0.25, 0.3) is 0 Å². The first-order valence-corrected chi connectivity index (χ1v) is 5.09. The molecule has 0 saturated heterocycles. The third-order valence-corrected chi connectivity index (χ3v) is 2.33. The number of carbonyl (C=O) groups excluding carboxylic acids is 1. The Morgan fingerprint density at radius 1 is 1.64 bits per heavy atom. The van der Waals surface area contributed by atoms with Crippen molar-refractivity contribution in [3.63, 3.8) is 0 Å². The van der Waals surface area contributed by atoms with Crippen LogP contribution in [0.4, 0.5) is 0 Å². The summed E-state index contributed by atoms with van der Waals surface area (Å²) in [5.41, 5.74) is 1.66. The van der Waals surface area contributed by atoms with E-state index in [-0.39, 0.29) is 5.91 Å². The van der Waals surface area contributed by atoms with Crippen LogP contribution in [0, 0.1) is 6.92 Å². The number of aryl methyl sites for hydroxylation is 1. The maximum Gasteiger partial charge on any atom is 0.251 e. The van der Waals surface area contributed by atoms with E-state index in [1.165, 1.54) is 0 Å². The average Bonchev–Trinajstić information content (AvgIpc) is 2.14. The predicted octanol–water partition coefficient (Wildman–Crippen LogP) is 2.67. The highest BCUT2D eigenvalue weighted by Gasteiger charge is 2.07. The van der Waals surface area contributed by atoms with Crippen molar-refractivity contribution in [2.45, 2.75) is 6.92 Å². The van der Waals surface area contributed by atoms with Gasteiger partial charge in [0.25, 0.3) is 5.91 Å². The van der Waals surface area contributed by atoms with Gasteiger partial charge in [-0.3, -0.25) is 4.79 Å². The fraction of sp³-hybridized carbons (Fsp3) is 0.182. The molecule has 0 atom stereocenters. The highest BCUT2D eigenvalue weighted by atomic mass is 79.9. The maximum absolute atomic E-state index is 11.6. The second-order valence-corrected chi connectivity index (χ2v) is 3.87. The fourth-order valence-corrected chi connectivity index (χ4v) is 1.62. The molecular formula is C11H12BrNO. The molecule has 0 fully saturated rings. The van der Waals surface area contributed by atoms with Crippen LogP contribution in [0.2, 0.25) is 0 Å². The maximum atomic E-state index is 11.6. The molecule has 1 N–H and O–H groups in total. The van der Waals surface area contributed by atoms with Crippen LogP contribution in [-0.2, 0) is 0 Å². The molecule has 1 aromatic carbocycles. The topological polar surface area (TPSA) is 29.1 Å². The molecule has 0 radical (unpaired) electrons. The summed E-state index contributed by atoms with van der Waals surface area (Å²) in [6.45, 7) is 5.95. The van der Waals surface area contributed by atoms with E-state index in [0.717, 1.165) is 10.0 Å². The Bertz CT molecular complexity index is 360. The SMILES string of the molecule is C=CCNC(=O)c1ccc(Br)cc1C. The van der Waals surface area contributed by atoms with Gasteiger partial charge in [-0.1, -0.05) is 22.0 Å². The smallest absolute Gasteiger partial charge is 0.251 e. The highest BCUT2D eigenvalue weighted by Crippen LogP contribution is 2.15. The second-order valence-electron chi connectivity index (χ2n) is 2.96. The van der Waals surface area contributed by atoms with E-state index in [2.05, 4.69) is 27.8 Å². The normalized spacial score (nSPS) is 9.57. The van der Waals surface area contributed by atoms with Gasteiger partial charge < -0.3 is 5.32 Å². The van der Waals surface area contributed by atoms with Crippen molar-refractivity contribution in [3.05, 3.63) is 46.5 Å². The van der Waals surface area contributed by atoms with Crippen LogP contribution >= 0.6 is 15.9 Å². The Labute approximate surface area is 92.1 Å². The number of hydrogen-bond donors (Lipinski definition) is 1. The van der Waals surface area contributed by atoms with Gasteiger partial charge in [0.1, 0.15) is 0 Å². The largest absolute Gasteiger partial charge is 0.349 e. The Morgan fingerprint density at radius 3 is 2.93 bits per heavy atom. The third-order valence-electron chi connectivity index (χ3n) is 1.84.